The Bertz CT molecular complexity index is 270. The highest BCUT2D eigenvalue weighted by molar-refractivity contribution is 6.74. The Kier molecular flexibility index (Phi) is 3.45. The first-order valence-electron chi connectivity index (χ1n) is 6.21. The van der Waals surface area contributed by atoms with Gasteiger partial charge in [0, 0.05) is 0 Å². The van der Waals surface area contributed by atoms with Crippen LogP contribution in [0.5, 0.6) is 0 Å². The first kappa shape index (κ1) is 10.4. The highest BCUT2D eigenvalue weighted by Crippen LogP contribution is 2.44. The van der Waals surface area contributed by atoms with Gasteiger partial charge in [-0.2, -0.15) is 0 Å². The van der Waals surface area contributed by atoms with Crippen molar-refractivity contribution in [2.24, 2.45) is 5.92 Å². The van der Waals surface area contributed by atoms with Gasteiger partial charge in [-0.1, -0.05) is 39.8 Å². The van der Waals surface area contributed by atoms with Crippen molar-refractivity contribution < 1.29 is 7.17 Å². The molecule has 0 fully saturated rings. The van der Waals surface area contributed by atoms with Crippen LogP contribution < -0.4 is 0 Å². The highest BCUT2D eigenvalue weighted by Gasteiger charge is 2.43. The van der Waals surface area contributed by atoms with E-state index in [0.29, 0.717) is 11.5 Å². The summed E-state index contributed by atoms with van der Waals surface area (Å²) in [4.78, 5) is 0. The Labute approximate surface area is 93.5 Å². The summed E-state index contributed by atoms with van der Waals surface area (Å²) in [6.45, 7) is 16.4. The lowest BCUT2D eigenvalue weighted by Gasteiger charge is -2.42. The third kappa shape index (κ3) is 3.25. The lowest BCUT2D eigenvalue weighted by Crippen LogP contribution is -2.45. The van der Waals surface area contributed by atoms with Crippen LogP contribution >= 0.6 is 0 Å². The van der Waals surface area contributed by atoms with Crippen LogP contribution in [0.1, 0.15) is 37.4 Å². The molecule has 0 rings (SSSR count). The van der Waals surface area contributed by atoms with E-state index in [2.05, 4.69) is 47.4 Å². The molecule has 0 bridgehead atoms. The molecule has 0 aliphatic heterocycles. The Balaban J connectivity index is 5.03. The van der Waals surface area contributed by atoms with Crippen LogP contribution in [0.2, 0.25) is 18.1 Å². The van der Waals surface area contributed by atoms with Crippen LogP contribution in [-0.4, -0.2) is 14.9 Å². The lowest BCUT2D eigenvalue weighted by atomic mass is 9.99. The predicted molar refractivity (Wildman–Crippen MR) is 67.1 cm³/mol. The van der Waals surface area contributed by atoms with Crippen molar-refractivity contribution in [2.75, 3.05) is 6.56 Å². The maximum Gasteiger partial charge on any atom is 0.193 e. The van der Waals surface area contributed by atoms with Crippen LogP contribution in [0, 0.1) is 5.92 Å². The second kappa shape index (κ2) is 4.62. The third-order valence-electron chi connectivity index (χ3n) is 3.48. The van der Waals surface area contributed by atoms with Crippen molar-refractivity contribution in [1.29, 1.82) is 0 Å². The molecule has 0 aliphatic carbocycles. The van der Waals surface area contributed by atoms with Gasteiger partial charge in [0.25, 0.3) is 0 Å². The number of rotatable bonds is 5. The highest BCUT2D eigenvalue weighted by atomic mass is 28.4. The largest absolute Gasteiger partial charge is 0.413 e. The summed E-state index contributed by atoms with van der Waals surface area (Å²) in [7, 11) is -2.13. The summed E-state index contributed by atoms with van der Waals surface area (Å²) >= 11 is 0. The van der Waals surface area contributed by atoms with Crippen LogP contribution in [0.25, 0.3) is 0 Å². The molecule has 0 aromatic carbocycles. The van der Waals surface area contributed by atoms with Gasteiger partial charge in [-0.3, -0.25) is 0 Å². The van der Waals surface area contributed by atoms with Crippen LogP contribution in [0.3, 0.4) is 0 Å². The third-order valence-corrected chi connectivity index (χ3v) is 7.77. The van der Waals surface area contributed by atoms with E-state index >= 15 is 0 Å². The van der Waals surface area contributed by atoms with E-state index in [-0.39, 0.29) is 5.04 Å². The molecular formula is C12H26OSi. The molecule has 0 N–H and O–H groups in total. The summed E-state index contributed by atoms with van der Waals surface area (Å²) < 4.78 is 21.5. The summed E-state index contributed by atoms with van der Waals surface area (Å²) in [6.07, 6.45) is 0. The normalized spacial score (nSPS) is 16.6. The summed E-state index contributed by atoms with van der Waals surface area (Å²) in [5, 5.41) is 0.0236. The minimum Gasteiger partial charge on any atom is -0.413 e. The fourth-order valence-electron chi connectivity index (χ4n) is 1.04. The smallest absolute Gasteiger partial charge is 0.193 e. The topological polar surface area (TPSA) is 9.23 Å². The van der Waals surface area contributed by atoms with E-state index in [0.717, 1.165) is 0 Å². The van der Waals surface area contributed by atoms with Gasteiger partial charge in [-0.15, -0.1) is 0 Å². The van der Waals surface area contributed by atoms with E-state index < -0.39 is 14.9 Å². The zero-order valence-electron chi connectivity index (χ0n) is 12.7. The van der Waals surface area contributed by atoms with Crippen molar-refractivity contribution in [3.8, 4) is 0 Å². The molecule has 0 aromatic heterocycles. The average molecular weight is 216 g/mol. The van der Waals surface area contributed by atoms with Gasteiger partial charge in [-0.25, -0.2) is 0 Å². The maximum atomic E-state index is 7.84. The number of hydrogen-bond acceptors (Lipinski definition) is 1. The van der Waals surface area contributed by atoms with Crippen LogP contribution in [0.4, 0.5) is 0 Å². The van der Waals surface area contributed by atoms with Crippen molar-refractivity contribution >= 4 is 8.32 Å². The van der Waals surface area contributed by atoms with E-state index in [9.17, 15) is 0 Å². The molecule has 0 saturated carbocycles. The molecule has 0 spiro atoms. The fourth-order valence-corrected chi connectivity index (χ4v) is 3.12. The van der Waals surface area contributed by atoms with E-state index in [1.807, 2.05) is 0 Å². The predicted octanol–water partition coefficient (Wildman–Crippen LogP) is 4.22. The van der Waals surface area contributed by atoms with Crippen LogP contribution in [-0.2, 0) is 4.43 Å². The van der Waals surface area contributed by atoms with E-state index in [1.54, 1.807) is 6.92 Å². The molecule has 0 unspecified atom stereocenters. The summed E-state index contributed by atoms with van der Waals surface area (Å²) in [5.74, 6) is 0.468. The van der Waals surface area contributed by atoms with Gasteiger partial charge in [0.1, 0.15) is 0 Å². The molecule has 0 amide bonds. The van der Waals surface area contributed by atoms with Crippen molar-refractivity contribution in [1.82, 2.24) is 0 Å². The van der Waals surface area contributed by atoms with Gasteiger partial charge in [-0.05, 0) is 31.0 Å². The average Bonchev–Trinajstić information content (AvgIpc) is 2.00. The van der Waals surface area contributed by atoms with Gasteiger partial charge >= 0.3 is 0 Å². The quantitative estimate of drug-likeness (QED) is 0.494. The van der Waals surface area contributed by atoms with Crippen LogP contribution in [0.15, 0.2) is 12.2 Å². The molecule has 0 aromatic rings. The van der Waals surface area contributed by atoms with Gasteiger partial charge in [0.2, 0.25) is 0 Å². The Hall–Kier alpha value is -0.0831. The lowest BCUT2D eigenvalue weighted by molar-refractivity contribution is 0.291. The van der Waals surface area contributed by atoms with E-state index in [1.165, 1.54) is 0 Å². The Morgan fingerprint density at radius 2 is 1.93 bits per heavy atom. The van der Waals surface area contributed by atoms with Gasteiger partial charge < -0.3 is 4.43 Å². The zero-order chi connectivity index (χ0) is 13.4. The molecule has 1 nitrogen and oxygen atoms in total. The molecule has 0 saturated heterocycles. The minimum atomic E-state index is -2.13. The first-order chi connectivity index (χ1) is 6.84. The molecule has 14 heavy (non-hydrogen) atoms. The Morgan fingerprint density at radius 3 is 2.21 bits per heavy atom. The molecule has 0 heterocycles. The van der Waals surface area contributed by atoms with E-state index in [4.69, 9.17) is 7.17 Å². The SMILES string of the molecule is [2H]C([2H])(O[Si](C)(C)C(C)(C)C(C)C)C(=C)C. The maximum absolute atomic E-state index is 7.84. The first-order valence-corrected chi connectivity index (χ1v) is 8.11. The van der Waals surface area contributed by atoms with Gasteiger partial charge in [0.05, 0.1) is 9.30 Å². The van der Waals surface area contributed by atoms with Gasteiger partial charge in [0.15, 0.2) is 8.32 Å². The van der Waals surface area contributed by atoms with Crippen molar-refractivity contribution in [3.05, 3.63) is 12.2 Å². The second-order valence-corrected chi connectivity index (χ2v) is 9.88. The van der Waals surface area contributed by atoms with Crippen molar-refractivity contribution in [3.63, 3.8) is 0 Å². The molecule has 84 valence electrons. The molecule has 0 atom stereocenters. The standard InChI is InChI=1S/C12H26OSi/c1-10(2)9-13-14(7,8)12(5,6)11(3)4/h11H,1,9H2,2-8H3/i9D2. The fraction of sp³-hybridized carbons (Fsp3) is 0.833. The van der Waals surface area contributed by atoms with Crippen molar-refractivity contribution in [2.45, 2.75) is 52.8 Å². The summed E-state index contributed by atoms with van der Waals surface area (Å²) in [5.41, 5.74) is 0.438. The molecule has 2 heteroatoms. The Morgan fingerprint density at radius 1 is 1.50 bits per heavy atom. The summed E-state index contributed by atoms with van der Waals surface area (Å²) in [6, 6.07) is 0. The second-order valence-electron chi connectivity index (χ2n) is 5.37. The molecule has 0 radical (unpaired) electrons. The number of hydrogen-bond donors (Lipinski definition) is 0. The zero-order valence-corrected chi connectivity index (χ0v) is 11.7. The molecular weight excluding hydrogens is 188 g/mol. The molecule has 0 aliphatic rings. The monoisotopic (exact) mass is 216 g/mol. The minimum absolute atomic E-state index is 0.0236.